The number of carbonyl (C=O) groups is 1. The van der Waals surface area contributed by atoms with Crippen molar-refractivity contribution in [2.45, 2.75) is 0 Å². The molecule has 0 N–H and O–H groups in total. The summed E-state index contributed by atoms with van der Waals surface area (Å²) in [6.07, 6.45) is 0. The lowest BCUT2D eigenvalue weighted by Gasteiger charge is -2.36. The molecule has 26 heavy (non-hydrogen) atoms. The van der Waals surface area contributed by atoms with Crippen molar-refractivity contribution < 1.29 is 9.53 Å². The Hall–Kier alpha value is -2.89. The van der Waals surface area contributed by atoms with Crippen LogP contribution in [0.5, 0.6) is 5.75 Å². The molecule has 3 rings (SSSR count). The van der Waals surface area contributed by atoms with E-state index >= 15 is 0 Å². The Labute approximate surface area is 156 Å². The van der Waals surface area contributed by atoms with Gasteiger partial charge in [-0.25, -0.2) is 0 Å². The number of amides is 1. The average molecular weight is 372 g/mol. The Bertz CT molecular complexity index is 841. The highest BCUT2D eigenvalue weighted by Crippen LogP contribution is 2.26. The Kier molecular flexibility index (Phi) is 5.51. The van der Waals surface area contributed by atoms with Gasteiger partial charge in [-0.2, -0.15) is 0 Å². The summed E-state index contributed by atoms with van der Waals surface area (Å²) in [5.74, 6) is 0.443. The van der Waals surface area contributed by atoms with Crippen molar-refractivity contribution in [3.05, 3.63) is 63.5 Å². The van der Waals surface area contributed by atoms with E-state index in [4.69, 9.17) is 21.9 Å². The number of ether oxygens (including phenoxy) is 1. The van der Waals surface area contributed by atoms with E-state index in [9.17, 15) is 4.79 Å². The molecule has 1 fully saturated rings. The van der Waals surface area contributed by atoms with Crippen LogP contribution in [0.2, 0.25) is 5.02 Å². The van der Waals surface area contributed by atoms with Gasteiger partial charge in [0.1, 0.15) is 5.75 Å². The lowest BCUT2D eigenvalue weighted by Crippen LogP contribution is -2.48. The van der Waals surface area contributed by atoms with Crippen molar-refractivity contribution in [2.24, 2.45) is 5.11 Å². The number of hydrogen-bond donors (Lipinski definition) is 0. The fourth-order valence-corrected chi connectivity index (χ4v) is 3.14. The van der Waals surface area contributed by atoms with Crippen LogP contribution in [0.15, 0.2) is 47.6 Å². The molecule has 0 saturated carbocycles. The maximum atomic E-state index is 12.8. The molecule has 2 aromatic carbocycles. The molecule has 2 aromatic rings. The predicted octanol–water partition coefficient (Wildman–Crippen LogP) is 4.25. The lowest BCUT2D eigenvalue weighted by molar-refractivity contribution is 0.0743. The van der Waals surface area contributed by atoms with Gasteiger partial charge in [-0.15, -0.1) is 0 Å². The van der Waals surface area contributed by atoms with Crippen LogP contribution >= 0.6 is 11.6 Å². The fraction of sp³-hybridized carbons (Fsp3) is 0.278. The van der Waals surface area contributed by atoms with Gasteiger partial charge < -0.3 is 14.5 Å². The van der Waals surface area contributed by atoms with Gasteiger partial charge in [-0.3, -0.25) is 4.79 Å². The van der Waals surface area contributed by atoms with Crippen LogP contribution in [0.1, 0.15) is 10.4 Å². The van der Waals surface area contributed by atoms with E-state index in [0.29, 0.717) is 35.1 Å². The van der Waals surface area contributed by atoms with Crippen LogP contribution in [0.25, 0.3) is 10.4 Å². The van der Waals surface area contributed by atoms with Crippen molar-refractivity contribution in [2.75, 3.05) is 38.2 Å². The van der Waals surface area contributed by atoms with Gasteiger partial charge in [0.25, 0.3) is 5.91 Å². The normalized spacial score (nSPS) is 13.9. The highest BCUT2D eigenvalue weighted by atomic mass is 35.5. The Balaban J connectivity index is 1.67. The van der Waals surface area contributed by atoms with Crippen molar-refractivity contribution in [3.63, 3.8) is 0 Å². The first-order valence-corrected chi connectivity index (χ1v) is 8.53. The summed E-state index contributed by atoms with van der Waals surface area (Å²) in [4.78, 5) is 19.6. The summed E-state index contributed by atoms with van der Waals surface area (Å²) in [6.45, 7) is 2.64. The number of nitrogens with zero attached hydrogens (tertiary/aromatic N) is 5. The zero-order valence-electron chi connectivity index (χ0n) is 14.3. The van der Waals surface area contributed by atoms with Crippen LogP contribution in [0.3, 0.4) is 0 Å². The number of anilines is 1. The number of methoxy groups -OCH3 is 1. The highest BCUT2D eigenvalue weighted by molar-refractivity contribution is 6.31. The van der Waals surface area contributed by atoms with Crippen LogP contribution < -0.4 is 9.64 Å². The highest BCUT2D eigenvalue weighted by Gasteiger charge is 2.24. The largest absolute Gasteiger partial charge is 0.496 e. The quantitative estimate of drug-likeness (QED) is 0.457. The summed E-state index contributed by atoms with van der Waals surface area (Å²) in [6, 6.07) is 12.4. The number of hydrogen-bond acceptors (Lipinski definition) is 4. The van der Waals surface area contributed by atoms with Crippen molar-refractivity contribution in [1.82, 2.24) is 4.90 Å². The SMILES string of the molecule is COc1ccc(Cl)cc1C(=O)N1CCN(c2ccc(N=[N+]=[N-])cc2)CC1. The molecular weight excluding hydrogens is 354 g/mol. The number of azide groups is 1. The molecule has 1 aliphatic heterocycles. The second-order valence-corrected chi connectivity index (χ2v) is 6.27. The second kappa shape index (κ2) is 7.99. The molecule has 0 aliphatic carbocycles. The number of rotatable bonds is 4. The molecule has 134 valence electrons. The van der Waals surface area contributed by atoms with E-state index in [1.807, 2.05) is 12.1 Å². The van der Waals surface area contributed by atoms with Gasteiger partial charge in [-0.1, -0.05) is 28.8 Å². The lowest BCUT2D eigenvalue weighted by atomic mass is 10.1. The predicted molar refractivity (Wildman–Crippen MR) is 101 cm³/mol. The minimum absolute atomic E-state index is 0.0808. The Morgan fingerprint density at radius 1 is 1.15 bits per heavy atom. The number of carbonyl (C=O) groups excluding carboxylic acids is 1. The molecular formula is C18H18ClN5O2. The molecule has 0 spiro atoms. The summed E-state index contributed by atoms with van der Waals surface area (Å²) >= 11 is 6.03. The number of benzene rings is 2. The smallest absolute Gasteiger partial charge is 0.257 e. The van der Waals surface area contributed by atoms with Crippen LogP contribution in [-0.4, -0.2) is 44.1 Å². The van der Waals surface area contributed by atoms with Gasteiger partial charge in [0.2, 0.25) is 0 Å². The van der Waals surface area contributed by atoms with Crippen molar-refractivity contribution in [1.29, 1.82) is 0 Å². The van der Waals surface area contributed by atoms with E-state index in [0.717, 1.165) is 18.8 Å². The first-order chi connectivity index (χ1) is 12.6. The zero-order chi connectivity index (χ0) is 18.5. The summed E-state index contributed by atoms with van der Waals surface area (Å²) in [5.41, 5.74) is 10.6. The fourth-order valence-electron chi connectivity index (χ4n) is 2.97. The molecule has 1 amide bonds. The van der Waals surface area contributed by atoms with Gasteiger partial charge in [0.05, 0.1) is 12.7 Å². The first-order valence-electron chi connectivity index (χ1n) is 8.15. The second-order valence-electron chi connectivity index (χ2n) is 5.83. The molecule has 7 nitrogen and oxygen atoms in total. The summed E-state index contributed by atoms with van der Waals surface area (Å²) in [7, 11) is 1.54. The van der Waals surface area contributed by atoms with Gasteiger partial charge in [0, 0.05) is 47.5 Å². The zero-order valence-corrected chi connectivity index (χ0v) is 15.1. The van der Waals surface area contributed by atoms with E-state index < -0.39 is 0 Å². The first kappa shape index (κ1) is 17.9. The third-order valence-electron chi connectivity index (χ3n) is 4.33. The molecule has 0 bridgehead atoms. The van der Waals surface area contributed by atoms with Crippen molar-refractivity contribution in [3.8, 4) is 5.75 Å². The minimum Gasteiger partial charge on any atom is -0.496 e. The third-order valence-corrected chi connectivity index (χ3v) is 4.57. The number of halogens is 1. The molecule has 1 aliphatic rings. The maximum absolute atomic E-state index is 12.8. The molecule has 8 heteroatoms. The molecule has 1 saturated heterocycles. The monoisotopic (exact) mass is 371 g/mol. The average Bonchev–Trinajstić information content (AvgIpc) is 2.68. The Morgan fingerprint density at radius 3 is 2.46 bits per heavy atom. The molecule has 0 aromatic heterocycles. The molecule has 1 heterocycles. The molecule has 0 atom stereocenters. The number of piperazine rings is 1. The van der Waals surface area contributed by atoms with Crippen molar-refractivity contribution >= 4 is 28.9 Å². The van der Waals surface area contributed by atoms with Gasteiger partial charge >= 0.3 is 0 Å². The van der Waals surface area contributed by atoms with E-state index in [-0.39, 0.29) is 5.91 Å². The topological polar surface area (TPSA) is 81.5 Å². The van der Waals surface area contributed by atoms with E-state index in [2.05, 4.69) is 14.9 Å². The van der Waals surface area contributed by atoms with Gasteiger partial charge in [0.15, 0.2) is 0 Å². The molecule has 0 radical (unpaired) electrons. The van der Waals surface area contributed by atoms with E-state index in [1.54, 1.807) is 35.2 Å². The van der Waals surface area contributed by atoms with Crippen LogP contribution in [-0.2, 0) is 0 Å². The van der Waals surface area contributed by atoms with Crippen LogP contribution in [0, 0.1) is 0 Å². The third kappa shape index (κ3) is 3.85. The summed E-state index contributed by atoms with van der Waals surface area (Å²) < 4.78 is 5.28. The minimum atomic E-state index is -0.0808. The van der Waals surface area contributed by atoms with Gasteiger partial charge in [-0.05, 0) is 35.9 Å². The van der Waals surface area contributed by atoms with E-state index in [1.165, 1.54) is 7.11 Å². The maximum Gasteiger partial charge on any atom is 0.257 e. The summed E-state index contributed by atoms with van der Waals surface area (Å²) in [5, 5.41) is 4.08. The Morgan fingerprint density at radius 2 is 1.85 bits per heavy atom. The van der Waals surface area contributed by atoms with Crippen LogP contribution in [0.4, 0.5) is 11.4 Å². The molecule has 0 unspecified atom stereocenters. The standard InChI is InChI=1S/C18H18ClN5O2/c1-26-17-7-2-13(19)12-16(17)18(25)24-10-8-23(9-11-24)15-5-3-14(4-6-15)21-22-20/h2-7,12H,8-11H2,1H3.